The highest BCUT2D eigenvalue weighted by atomic mass is 79.9. The summed E-state index contributed by atoms with van der Waals surface area (Å²) >= 11 is 14.9. The molecule has 0 aliphatic heterocycles. The van der Waals surface area contributed by atoms with Gasteiger partial charge in [-0.1, -0.05) is 144 Å². The van der Waals surface area contributed by atoms with Crippen molar-refractivity contribution in [1.29, 1.82) is 0 Å². The topological polar surface area (TPSA) is 83.8 Å². The molecule has 54 heavy (non-hydrogen) atoms. The summed E-state index contributed by atoms with van der Waals surface area (Å²) in [7, 11) is -7.10. The van der Waals surface area contributed by atoms with Crippen LogP contribution >= 0.6 is 39.1 Å². The molecule has 0 atom stereocenters. The second-order valence-corrected chi connectivity index (χ2v) is 14.8. The van der Waals surface area contributed by atoms with Crippen LogP contribution in [0.2, 0.25) is 10.0 Å². The number of alkyl halides is 3. The maximum atomic E-state index is 12.2. The summed E-state index contributed by atoms with van der Waals surface area (Å²) in [5, 5.41) is 22.3. The van der Waals surface area contributed by atoms with Crippen LogP contribution in [0.25, 0.3) is 43.8 Å². The van der Waals surface area contributed by atoms with Gasteiger partial charge in [-0.05, 0) is 102 Å². The maximum Gasteiger partial charge on any atom is 0.534 e. The standard InChI is InChI=1S/C23H17Cl.C11H6BrF3O3S.C6H6BClO2.B.H2/c1-16-6-4-8-18(14-16)22-13-12-17-7-2-3-11-21(17)23(22)19-9-5-10-20(24)15-19;12-10-8-4-2-1-3-7(8)5-6-9(10)18-19(16,17)11(13,14)15;8-6-3-1-2-5(4-6)7(9)10;;/h2-15H,1H3;1-6H;1-4,9-10H;;1H/i;;;;1+1. The first-order valence-corrected chi connectivity index (χ1v) is 18.7. The normalized spacial score (nSPS) is 11.1. The summed E-state index contributed by atoms with van der Waals surface area (Å²) < 4.78 is 62.8. The van der Waals surface area contributed by atoms with Crippen molar-refractivity contribution < 1.29 is 37.2 Å². The Hall–Kier alpha value is -4.29. The SMILES string of the molecule is Cc1cccc(-c2ccc3ccccc3c2-c2cccc(Cl)c2)c1.O=S(=O)(Oc1ccc2ccccc2c1Br)C(F)(F)F.OB(O)c1cccc(Cl)c1.[2HH].[B]. The summed E-state index contributed by atoms with van der Waals surface area (Å²) in [5.41, 5.74) is 1.07. The van der Waals surface area contributed by atoms with Crippen molar-refractivity contribution in [3.8, 4) is 28.0 Å². The molecule has 0 amide bonds. The number of halogens is 6. The molecular formula is C40H31B2BrCl2F3O5S. The van der Waals surface area contributed by atoms with Crippen LogP contribution in [0.15, 0.2) is 150 Å². The first kappa shape index (κ1) is 42.5. The van der Waals surface area contributed by atoms with E-state index in [1.165, 1.54) is 45.2 Å². The molecule has 7 aromatic carbocycles. The minimum atomic E-state index is -5.67. The van der Waals surface area contributed by atoms with E-state index in [-0.39, 0.29) is 14.3 Å². The molecule has 0 heterocycles. The zero-order valence-corrected chi connectivity index (χ0v) is 32.2. The van der Waals surface area contributed by atoms with E-state index in [2.05, 4.69) is 93.8 Å². The van der Waals surface area contributed by atoms with Crippen molar-refractivity contribution in [2.75, 3.05) is 0 Å². The number of hydrogen-bond donors (Lipinski definition) is 2. The average Bonchev–Trinajstić information content (AvgIpc) is 3.12. The van der Waals surface area contributed by atoms with E-state index in [0.717, 1.165) is 22.0 Å². The zero-order chi connectivity index (χ0) is 38.3. The predicted molar refractivity (Wildman–Crippen MR) is 221 cm³/mol. The second-order valence-electron chi connectivity index (χ2n) is 11.6. The third-order valence-corrected chi connectivity index (χ3v) is 10.1. The first-order valence-electron chi connectivity index (χ1n) is 15.8. The molecule has 7 rings (SSSR count). The van der Waals surface area contributed by atoms with Crippen LogP contribution in [0, 0.1) is 6.92 Å². The number of aryl methyl sites for hydroxylation is 1. The molecule has 0 spiro atoms. The minimum Gasteiger partial charge on any atom is -0.423 e. The fraction of sp³-hybridized carbons (Fsp3) is 0.0500. The van der Waals surface area contributed by atoms with E-state index < -0.39 is 28.5 Å². The Balaban J connectivity index is 0.000000235. The minimum absolute atomic E-state index is 0. The molecular weight excluding hydrogens is 822 g/mol. The summed E-state index contributed by atoms with van der Waals surface area (Å²) in [5.74, 6) is -0.406. The number of benzene rings is 7. The van der Waals surface area contributed by atoms with Gasteiger partial charge in [-0.25, -0.2) is 0 Å². The van der Waals surface area contributed by atoms with Gasteiger partial charge in [-0.3, -0.25) is 0 Å². The predicted octanol–water partition coefficient (Wildman–Crippen LogP) is 10.9. The molecule has 0 unspecified atom stereocenters. The molecule has 0 fully saturated rings. The summed E-state index contributed by atoms with van der Waals surface area (Å²) in [6.45, 7) is 2.13. The Bertz CT molecular complexity index is 2510. The second kappa shape index (κ2) is 18.4. The Morgan fingerprint density at radius 3 is 1.83 bits per heavy atom. The van der Waals surface area contributed by atoms with E-state index in [1.54, 1.807) is 42.5 Å². The van der Waals surface area contributed by atoms with Crippen LogP contribution in [-0.4, -0.2) is 39.5 Å². The van der Waals surface area contributed by atoms with Crippen molar-refractivity contribution in [1.82, 2.24) is 0 Å². The maximum absolute atomic E-state index is 12.2. The summed E-state index contributed by atoms with van der Waals surface area (Å²) in [4.78, 5) is 0. The van der Waals surface area contributed by atoms with Gasteiger partial charge in [-0.15, -0.1) is 0 Å². The van der Waals surface area contributed by atoms with Crippen LogP contribution in [-0.2, 0) is 10.1 Å². The van der Waals surface area contributed by atoms with Gasteiger partial charge in [0.25, 0.3) is 0 Å². The number of hydrogen-bond acceptors (Lipinski definition) is 5. The Morgan fingerprint density at radius 1 is 0.685 bits per heavy atom. The zero-order valence-electron chi connectivity index (χ0n) is 28.3. The van der Waals surface area contributed by atoms with Crippen molar-refractivity contribution in [2.45, 2.75) is 12.4 Å². The highest BCUT2D eigenvalue weighted by molar-refractivity contribution is 9.10. The van der Waals surface area contributed by atoms with E-state index in [1.807, 2.05) is 18.2 Å². The molecule has 0 saturated heterocycles. The monoisotopic (exact) mass is 852 g/mol. The van der Waals surface area contributed by atoms with Gasteiger partial charge >= 0.3 is 22.7 Å². The lowest BCUT2D eigenvalue weighted by Gasteiger charge is -2.15. The molecule has 0 aliphatic carbocycles. The van der Waals surface area contributed by atoms with Crippen molar-refractivity contribution >= 4 is 91.8 Å². The molecule has 0 aromatic heterocycles. The quantitative estimate of drug-likeness (QED) is 0.102. The molecule has 5 nitrogen and oxygen atoms in total. The molecule has 0 saturated carbocycles. The lowest BCUT2D eigenvalue weighted by Crippen LogP contribution is -2.29. The fourth-order valence-electron chi connectivity index (χ4n) is 5.39. The largest absolute Gasteiger partial charge is 0.534 e. The van der Waals surface area contributed by atoms with Gasteiger partial charge in [0.1, 0.15) is 0 Å². The smallest absolute Gasteiger partial charge is 0.423 e. The van der Waals surface area contributed by atoms with Crippen LogP contribution in [0.1, 0.15) is 6.99 Å². The Labute approximate surface area is 333 Å². The van der Waals surface area contributed by atoms with E-state index in [4.69, 9.17) is 33.2 Å². The third-order valence-electron chi connectivity index (χ3n) is 7.83. The van der Waals surface area contributed by atoms with Crippen LogP contribution in [0.3, 0.4) is 0 Å². The van der Waals surface area contributed by atoms with Gasteiger partial charge in [0.2, 0.25) is 0 Å². The number of rotatable bonds is 5. The lowest BCUT2D eigenvalue weighted by molar-refractivity contribution is -0.0500. The molecule has 275 valence electrons. The Kier molecular flexibility index (Phi) is 14.4. The molecule has 3 radical (unpaired) electrons. The molecule has 14 heteroatoms. The van der Waals surface area contributed by atoms with Gasteiger partial charge in [0, 0.05) is 19.9 Å². The molecule has 2 N–H and O–H groups in total. The van der Waals surface area contributed by atoms with Crippen LogP contribution < -0.4 is 9.65 Å². The average molecular weight is 854 g/mol. The summed E-state index contributed by atoms with van der Waals surface area (Å²) in [6.07, 6.45) is 0. The Morgan fingerprint density at radius 2 is 1.24 bits per heavy atom. The van der Waals surface area contributed by atoms with Crippen molar-refractivity contribution in [3.63, 3.8) is 0 Å². The highest BCUT2D eigenvalue weighted by Gasteiger charge is 2.48. The number of fused-ring (bicyclic) bond motifs is 2. The first-order chi connectivity index (χ1) is 25.1. The lowest BCUT2D eigenvalue weighted by atomic mass is 9.81. The highest BCUT2D eigenvalue weighted by Crippen LogP contribution is 2.39. The van der Waals surface area contributed by atoms with Crippen molar-refractivity contribution in [3.05, 3.63) is 166 Å². The van der Waals surface area contributed by atoms with Gasteiger partial charge < -0.3 is 14.2 Å². The van der Waals surface area contributed by atoms with Crippen molar-refractivity contribution in [2.24, 2.45) is 0 Å². The van der Waals surface area contributed by atoms with E-state index >= 15 is 0 Å². The summed E-state index contributed by atoms with van der Waals surface area (Å²) in [6, 6.07) is 45.6. The van der Waals surface area contributed by atoms with E-state index in [9.17, 15) is 21.6 Å². The molecule has 0 aliphatic rings. The third kappa shape index (κ3) is 10.5. The van der Waals surface area contributed by atoms with Crippen LogP contribution in [0.4, 0.5) is 13.2 Å². The van der Waals surface area contributed by atoms with Crippen LogP contribution in [0.5, 0.6) is 5.75 Å². The van der Waals surface area contributed by atoms with Gasteiger partial charge in [-0.2, -0.15) is 21.6 Å². The fourth-order valence-corrected chi connectivity index (χ4v) is 6.93. The van der Waals surface area contributed by atoms with Gasteiger partial charge in [0.05, 0.1) is 4.47 Å². The van der Waals surface area contributed by atoms with E-state index in [0.29, 0.717) is 15.9 Å². The molecule has 7 aromatic rings. The van der Waals surface area contributed by atoms with Gasteiger partial charge in [0.15, 0.2) is 5.75 Å². The molecule has 0 bridgehead atoms.